The van der Waals surface area contributed by atoms with Crippen LogP contribution in [0.15, 0.2) is 12.4 Å². The topological polar surface area (TPSA) is 36.3 Å². The van der Waals surface area contributed by atoms with Crippen LogP contribution in [0.5, 0.6) is 0 Å². The predicted octanol–water partition coefficient (Wildman–Crippen LogP) is 2.04. The molecule has 1 saturated carbocycles. The Balaban J connectivity index is 1.72. The molecule has 1 saturated heterocycles. The van der Waals surface area contributed by atoms with Crippen LogP contribution >= 0.6 is 0 Å². The van der Waals surface area contributed by atoms with Crippen molar-refractivity contribution in [2.24, 2.45) is 0 Å². The van der Waals surface area contributed by atoms with Gasteiger partial charge in [0.25, 0.3) is 0 Å². The summed E-state index contributed by atoms with van der Waals surface area (Å²) < 4.78 is 13.0. The number of rotatable bonds is 2. The van der Waals surface area contributed by atoms with Gasteiger partial charge < -0.3 is 9.47 Å². The van der Waals surface area contributed by atoms with Gasteiger partial charge in [0.1, 0.15) is 6.79 Å². The molecule has 1 atom stereocenters. The van der Waals surface area contributed by atoms with Crippen LogP contribution in [0.3, 0.4) is 0 Å². The van der Waals surface area contributed by atoms with Crippen molar-refractivity contribution in [2.45, 2.75) is 37.8 Å². The van der Waals surface area contributed by atoms with Crippen molar-refractivity contribution in [2.75, 3.05) is 13.4 Å². The summed E-state index contributed by atoms with van der Waals surface area (Å²) in [6, 6.07) is 0.653. The highest BCUT2D eigenvalue weighted by Crippen LogP contribution is 2.35. The molecule has 82 valence electrons. The molecule has 0 unspecified atom stereocenters. The second kappa shape index (κ2) is 3.94. The Bertz CT molecular complexity index is 325. The third-order valence-electron chi connectivity index (χ3n) is 3.02. The number of nitrogens with zero attached hydrogens (tertiary/aromatic N) is 2. The average molecular weight is 208 g/mol. The van der Waals surface area contributed by atoms with Gasteiger partial charge in [-0.05, 0) is 25.7 Å². The van der Waals surface area contributed by atoms with Gasteiger partial charge in [-0.3, -0.25) is 4.68 Å². The van der Waals surface area contributed by atoms with E-state index in [9.17, 15) is 0 Å². The minimum absolute atomic E-state index is 0.181. The molecule has 0 amide bonds. The first-order valence-electron chi connectivity index (χ1n) is 5.67. The van der Waals surface area contributed by atoms with Crippen LogP contribution in [0, 0.1) is 0 Å². The van der Waals surface area contributed by atoms with E-state index in [2.05, 4.69) is 16.0 Å². The van der Waals surface area contributed by atoms with E-state index in [-0.39, 0.29) is 6.10 Å². The lowest BCUT2D eigenvalue weighted by molar-refractivity contribution is -0.0685. The predicted molar refractivity (Wildman–Crippen MR) is 54.4 cm³/mol. The lowest BCUT2D eigenvalue weighted by Gasteiger charge is -2.11. The minimum Gasteiger partial charge on any atom is -0.355 e. The van der Waals surface area contributed by atoms with Gasteiger partial charge in [0.2, 0.25) is 0 Å². The van der Waals surface area contributed by atoms with Crippen molar-refractivity contribution >= 4 is 0 Å². The van der Waals surface area contributed by atoms with Crippen molar-refractivity contribution in [3.05, 3.63) is 18.0 Å². The summed E-state index contributed by atoms with van der Waals surface area (Å²) in [5, 5.41) is 4.38. The summed E-state index contributed by atoms with van der Waals surface area (Å²) in [5.41, 5.74) is 1.20. The van der Waals surface area contributed by atoms with E-state index < -0.39 is 0 Å². The Morgan fingerprint density at radius 1 is 1.33 bits per heavy atom. The number of hydrogen-bond acceptors (Lipinski definition) is 3. The molecule has 4 heteroatoms. The van der Waals surface area contributed by atoms with E-state index in [0.717, 1.165) is 19.4 Å². The molecule has 3 rings (SSSR count). The maximum Gasteiger partial charge on any atom is 0.147 e. The fourth-order valence-corrected chi connectivity index (χ4v) is 1.96. The molecule has 4 nitrogen and oxygen atoms in total. The van der Waals surface area contributed by atoms with Crippen LogP contribution in [0.25, 0.3) is 0 Å². The molecule has 0 N–H and O–H groups in total. The Labute approximate surface area is 89.2 Å². The molecular formula is C11H16N2O2. The summed E-state index contributed by atoms with van der Waals surface area (Å²) >= 11 is 0. The second-order valence-electron chi connectivity index (χ2n) is 4.31. The zero-order chi connectivity index (χ0) is 10.1. The summed E-state index contributed by atoms with van der Waals surface area (Å²) in [5.74, 6) is 0. The molecular weight excluding hydrogens is 192 g/mol. The lowest BCUT2D eigenvalue weighted by atomic mass is 10.1. The quantitative estimate of drug-likeness (QED) is 0.746. The number of aromatic nitrogens is 2. The third kappa shape index (κ3) is 2.06. The standard InChI is InChI=1S/C11H16N2O2/c1-2-11(15-8-14-5-1)9-6-12-13(7-9)10-3-4-10/h6-7,10-11H,1-5,8H2/t11-/m1/s1. The van der Waals surface area contributed by atoms with Crippen LogP contribution in [-0.2, 0) is 9.47 Å². The summed E-state index contributed by atoms with van der Waals surface area (Å²) in [6.45, 7) is 1.23. The van der Waals surface area contributed by atoms with E-state index in [4.69, 9.17) is 9.47 Å². The maximum absolute atomic E-state index is 5.63. The van der Waals surface area contributed by atoms with Gasteiger partial charge in [0, 0.05) is 18.4 Å². The Morgan fingerprint density at radius 2 is 2.27 bits per heavy atom. The summed E-state index contributed by atoms with van der Waals surface area (Å²) in [6.07, 6.45) is 8.91. The Kier molecular flexibility index (Phi) is 2.46. The van der Waals surface area contributed by atoms with E-state index in [1.165, 1.54) is 18.4 Å². The molecule has 2 aliphatic rings. The van der Waals surface area contributed by atoms with Crippen molar-refractivity contribution < 1.29 is 9.47 Å². The molecule has 1 aromatic heterocycles. The first kappa shape index (κ1) is 9.36. The van der Waals surface area contributed by atoms with Crippen LogP contribution in [0.1, 0.15) is 43.4 Å². The zero-order valence-corrected chi connectivity index (χ0v) is 8.76. The van der Waals surface area contributed by atoms with Gasteiger partial charge in [0.05, 0.1) is 18.3 Å². The molecule has 0 aromatic carbocycles. The first-order valence-corrected chi connectivity index (χ1v) is 5.67. The van der Waals surface area contributed by atoms with Crippen molar-refractivity contribution in [1.29, 1.82) is 0 Å². The average Bonchev–Trinajstić information content (AvgIpc) is 3.04. The first-order chi connectivity index (χ1) is 7.43. The summed E-state index contributed by atoms with van der Waals surface area (Å²) in [4.78, 5) is 0. The molecule has 1 aliphatic carbocycles. The van der Waals surface area contributed by atoms with E-state index in [0.29, 0.717) is 12.8 Å². The van der Waals surface area contributed by atoms with Crippen molar-refractivity contribution in [3.63, 3.8) is 0 Å². The van der Waals surface area contributed by atoms with Crippen LogP contribution < -0.4 is 0 Å². The molecule has 2 fully saturated rings. The fraction of sp³-hybridized carbons (Fsp3) is 0.727. The van der Waals surface area contributed by atoms with Gasteiger partial charge in [0.15, 0.2) is 0 Å². The second-order valence-corrected chi connectivity index (χ2v) is 4.31. The smallest absolute Gasteiger partial charge is 0.147 e. The molecule has 0 spiro atoms. The zero-order valence-electron chi connectivity index (χ0n) is 8.76. The number of ether oxygens (including phenoxy) is 2. The molecule has 1 aromatic rings. The van der Waals surface area contributed by atoms with Gasteiger partial charge in [-0.2, -0.15) is 5.10 Å². The highest BCUT2D eigenvalue weighted by molar-refractivity contribution is 5.09. The molecule has 15 heavy (non-hydrogen) atoms. The SMILES string of the molecule is c1nn(C2CC2)cc1[C@H]1CCCOCO1. The van der Waals surface area contributed by atoms with Crippen LogP contribution in [0.2, 0.25) is 0 Å². The highest BCUT2D eigenvalue weighted by atomic mass is 16.7. The van der Waals surface area contributed by atoms with E-state index in [1.807, 2.05) is 6.20 Å². The van der Waals surface area contributed by atoms with Gasteiger partial charge in [-0.1, -0.05) is 0 Å². The maximum atomic E-state index is 5.63. The monoisotopic (exact) mass is 208 g/mol. The van der Waals surface area contributed by atoms with E-state index >= 15 is 0 Å². The largest absolute Gasteiger partial charge is 0.355 e. The van der Waals surface area contributed by atoms with Gasteiger partial charge in [-0.15, -0.1) is 0 Å². The van der Waals surface area contributed by atoms with Crippen molar-refractivity contribution in [1.82, 2.24) is 9.78 Å². The minimum atomic E-state index is 0.181. The molecule has 0 radical (unpaired) electrons. The van der Waals surface area contributed by atoms with Crippen molar-refractivity contribution in [3.8, 4) is 0 Å². The Hall–Kier alpha value is -0.870. The molecule has 0 bridgehead atoms. The highest BCUT2D eigenvalue weighted by Gasteiger charge is 2.25. The fourth-order valence-electron chi connectivity index (χ4n) is 1.96. The summed E-state index contributed by atoms with van der Waals surface area (Å²) in [7, 11) is 0. The molecule has 2 heterocycles. The van der Waals surface area contributed by atoms with Gasteiger partial charge in [-0.25, -0.2) is 0 Å². The van der Waals surface area contributed by atoms with E-state index in [1.54, 1.807) is 0 Å². The molecule has 1 aliphatic heterocycles. The lowest BCUT2D eigenvalue weighted by Crippen LogP contribution is -2.02. The van der Waals surface area contributed by atoms with Crippen LogP contribution in [0.4, 0.5) is 0 Å². The Morgan fingerprint density at radius 3 is 3.13 bits per heavy atom. The number of hydrogen-bond donors (Lipinski definition) is 0. The van der Waals surface area contributed by atoms with Gasteiger partial charge >= 0.3 is 0 Å². The normalized spacial score (nSPS) is 27.6. The van der Waals surface area contributed by atoms with Crippen LogP contribution in [-0.4, -0.2) is 23.2 Å². The third-order valence-corrected chi connectivity index (χ3v) is 3.02.